The number of nitrogens with zero attached hydrogens (tertiary/aromatic N) is 3. The van der Waals surface area contributed by atoms with E-state index in [1.165, 1.54) is 0 Å². The molecule has 98 valence electrons. The summed E-state index contributed by atoms with van der Waals surface area (Å²) in [6.45, 7) is 1.89. The number of fused-ring (bicyclic) bond motifs is 1. The maximum atomic E-state index is 9.36. The topological polar surface area (TPSA) is 57.4 Å². The van der Waals surface area contributed by atoms with Crippen LogP contribution in [0.25, 0.3) is 16.9 Å². The fourth-order valence-electron chi connectivity index (χ4n) is 2.18. The number of benzene rings is 1. The Morgan fingerprint density at radius 1 is 1.45 bits per heavy atom. The number of H-pyrrole nitrogens is 1. The van der Waals surface area contributed by atoms with Gasteiger partial charge in [0.05, 0.1) is 21.8 Å². The van der Waals surface area contributed by atoms with Crippen molar-refractivity contribution in [1.82, 2.24) is 14.5 Å². The standard InChI is InChI=1S/C14H9ClN4S/c1-8-3-2-4-12(10(8)6-16)19-13-11(18-14(19)20)5-9(15)7-17-13/h2-5,7H,1H3,(H,18,20). The fraction of sp³-hybridized carbons (Fsp3) is 0.0714. The predicted octanol–water partition coefficient (Wildman–Crippen LogP) is 3.92. The van der Waals surface area contributed by atoms with E-state index in [2.05, 4.69) is 16.0 Å². The predicted molar refractivity (Wildman–Crippen MR) is 80.7 cm³/mol. The summed E-state index contributed by atoms with van der Waals surface area (Å²) < 4.78 is 2.24. The van der Waals surface area contributed by atoms with Gasteiger partial charge in [-0.3, -0.25) is 4.57 Å². The van der Waals surface area contributed by atoms with E-state index in [1.54, 1.807) is 16.8 Å². The lowest BCUT2D eigenvalue weighted by molar-refractivity contribution is 1.03. The minimum absolute atomic E-state index is 0.483. The van der Waals surface area contributed by atoms with Crippen molar-refractivity contribution in [3.8, 4) is 11.8 Å². The summed E-state index contributed by atoms with van der Waals surface area (Å²) in [6, 6.07) is 9.62. The number of pyridine rings is 1. The van der Waals surface area contributed by atoms with Crippen molar-refractivity contribution in [1.29, 1.82) is 5.26 Å². The Hall–Kier alpha value is -2.16. The van der Waals surface area contributed by atoms with Crippen LogP contribution in [0.4, 0.5) is 0 Å². The smallest absolute Gasteiger partial charge is 0.184 e. The maximum absolute atomic E-state index is 9.36. The van der Waals surface area contributed by atoms with Gasteiger partial charge < -0.3 is 4.98 Å². The SMILES string of the molecule is Cc1cccc(-n2c(=S)[nH]c3cc(Cl)cnc32)c1C#N. The quantitative estimate of drug-likeness (QED) is 0.693. The van der Waals surface area contributed by atoms with Gasteiger partial charge in [-0.2, -0.15) is 5.26 Å². The lowest BCUT2D eigenvalue weighted by Crippen LogP contribution is -2.00. The molecule has 0 bridgehead atoms. The van der Waals surface area contributed by atoms with Crippen molar-refractivity contribution < 1.29 is 0 Å². The Morgan fingerprint density at radius 2 is 2.25 bits per heavy atom. The van der Waals surface area contributed by atoms with Gasteiger partial charge in [0.25, 0.3) is 0 Å². The second-order valence-electron chi connectivity index (χ2n) is 4.37. The molecule has 0 aliphatic carbocycles. The van der Waals surface area contributed by atoms with Crippen LogP contribution < -0.4 is 0 Å². The molecule has 0 aliphatic heterocycles. The Labute approximate surface area is 125 Å². The fourth-order valence-corrected chi connectivity index (χ4v) is 2.63. The number of aryl methyl sites for hydroxylation is 1. The number of nitrogens with one attached hydrogen (secondary N) is 1. The van der Waals surface area contributed by atoms with Gasteiger partial charge in [0.15, 0.2) is 10.4 Å². The highest BCUT2D eigenvalue weighted by molar-refractivity contribution is 7.71. The van der Waals surface area contributed by atoms with E-state index in [0.29, 0.717) is 21.0 Å². The first-order chi connectivity index (χ1) is 9.61. The molecule has 0 amide bonds. The first-order valence-electron chi connectivity index (χ1n) is 5.88. The minimum Gasteiger partial charge on any atom is -0.329 e. The molecule has 3 aromatic rings. The highest BCUT2D eigenvalue weighted by atomic mass is 35.5. The van der Waals surface area contributed by atoms with Gasteiger partial charge >= 0.3 is 0 Å². The molecule has 3 rings (SSSR count). The maximum Gasteiger partial charge on any atom is 0.184 e. The van der Waals surface area contributed by atoms with E-state index in [9.17, 15) is 5.26 Å². The van der Waals surface area contributed by atoms with Crippen molar-refractivity contribution in [3.63, 3.8) is 0 Å². The molecule has 1 N–H and O–H groups in total. The summed E-state index contributed by atoms with van der Waals surface area (Å²) in [5, 5.41) is 9.89. The van der Waals surface area contributed by atoms with E-state index in [4.69, 9.17) is 23.8 Å². The third-order valence-electron chi connectivity index (χ3n) is 3.09. The zero-order chi connectivity index (χ0) is 14.3. The highest BCUT2D eigenvalue weighted by Gasteiger charge is 2.13. The monoisotopic (exact) mass is 300 g/mol. The van der Waals surface area contributed by atoms with Crippen LogP contribution in [-0.2, 0) is 0 Å². The van der Waals surface area contributed by atoms with Gasteiger partial charge in [-0.15, -0.1) is 0 Å². The van der Waals surface area contributed by atoms with Gasteiger partial charge in [0, 0.05) is 6.20 Å². The Kier molecular flexibility index (Phi) is 3.05. The van der Waals surface area contributed by atoms with Crippen LogP contribution in [0.5, 0.6) is 0 Å². The first-order valence-corrected chi connectivity index (χ1v) is 6.67. The Balaban J connectivity index is 2.42. The second-order valence-corrected chi connectivity index (χ2v) is 5.19. The highest BCUT2D eigenvalue weighted by Crippen LogP contribution is 2.24. The second kappa shape index (κ2) is 4.75. The summed E-state index contributed by atoms with van der Waals surface area (Å²) in [5.74, 6) is 0. The van der Waals surface area contributed by atoms with Crippen LogP contribution in [0.2, 0.25) is 5.02 Å². The molecule has 0 aliphatic rings. The van der Waals surface area contributed by atoms with Crippen LogP contribution in [0.3, 0.4) is 0 Å². The van der Waals surface area contributed by atoms with Gasteiger partial charge in [-0.25, -0.2) is 4.98 Å². The molecule has 0 saturated carbocycles. The largest absolute Gasteiger partial charge is 0.329 e. The van der Waals surface area contributed by atoms with Gasteiger partial charge in [-0.1, -0.05) is 23.7 Å². The number of halogens is 1. The van der Waals surface area contributed by atoms with Gasteiger partial charge in [0.2, 0.25) is 0 Å². The zero-order valence-electron chi connectivity index (χ0n) is 10.5. The summed E-state index contributed by atoms with van der Waals surface area (Å²) in [6.07, 6.45) is 1.56. The molecule has 0 unspecified atom stereocenters. The van der Waals surface area contributed by atoms with Gasteiger partial charge in [0.1, 0.15) is 6.07 Å². The molecule has 4 nitrogen and oxygen atoms in total. The zero-order valence-corrected chi connectivity index (χ0v) is 12.1. The number of hydrogen-bond donors (Lipinski definition) is 1. The van der Waals surface area contributed by atoms with E-state index in [1.807, 2.05) is 25.1 Å². The lowest BCUT2D eigenvalue weighted by atomic mass is 10.1. The molecule has 0 atom stereocenters. The van der Waals surface area contributed by atoms with Crippen molar-refractivity contribution >= 4 is 35.0 Å². The van der Waals surface area contributed by atoms with Crippen LogP contribution in [0, 0.1) is 23.0 Å². The average molecular weight is 301 g/mol. The number of hydrogen-bond acceptors (Lipinski definition) is 3. The molecule has 20 heavy (non-hydrogen) atoms. The number of imidazole rings is 1. The molecule has 0 radical (unpaired) electrons. The van der Waals surface area contributed by atoms with Crippen LogP contribution in [0.15, 0.2) is 30.5 Å². The number of nitriles is 1. The minimum atomic E-state index is 0.483. The van der Waals surface area contributed by atoms with Crippen molar-refractivity contribution in [2.75, 3.05) is 0 Å². The lowest BCUT2D eigenvalue weighted by Gasteiger charge is -2.08. The molecule has 0 fully saturated rings. The molecule has 0 saturated heterocycles. The van der Waals surface area contributed by atoms with Crippen molar-refractivity contribution in [3.05, 3.63) is 51.4 Å². The molecular formula is C14H9ClN4S. The van der Waals surface area contributed by atoms with E-state index < -0.39 is 0 Å². The van der Waals surface area contributed by atoms with Crippen molar-refractivity contribution in [2.24, 2.45) is 0 Å². The molecule has 0 spiro atoms. The average Bonchev–Trinajstić information content (AvgIpc) is 2.73. The number of aromatic nitrogens is 3. The van der Waals surface area contributed by atoms with Crippen LogP contribution in [0.1, 0.15) is 11.1 Å². The Bertz CT molecular complexity index is 917. The number of rotatable bonds is 1. The van der Waals surface area contributed by atoms with Crippen molar-refractivity contribution in [2.45, 2.75) is 6.92 Å². The van der Waals surface area contributed by atoms with E-state index in [-0.39, 0.29) is 0 Å². The molecule has 2 aromatic heterocycles. The van der Waals surface area contributed by atoms with Crippen LogP contribution in [-0.4, -0.2) is 14.5 Å². The molecule has 1 aromatic carbocycles. The third-order valence-corrected chi connectivity index (χ3v) is 3.58. The summed E-state index contributed by atoms with van der Waals surface area (Å²) >= 11 is 11.3. The Morgan fingerprint density at radius 3 is 3.00 bits per heavy atom. The molecule has 6 heteroatoms. The summed E-state index contributed by atoms with van der Waals surface area (Å²) in [4.78, 5) is 7.37. The molecule has 2 heterocycles. The number of aromatic amines is 1. The third kappa shape index (κ3) is 1.90. The van der Waals surface area contributed by atoms with Crippen LogP contribution >= 0.6 is 23.8 Å². The first kappa shape index (κ1) is 12.9. The van der Waals surface area contributed by atoms with Gasteiger partial charge in [-0.05, 0) is 36.8 Å². The normalized spacial score (nSPS) is 10.7. The summed E-state index contributed by atoms with van der Waals surface area (Å²) in [7, 11) is 0. The molecular weight excluding hydrogens is 292 g/mol. The summed E-state index contributed by atoms with van der Waals surface area (Å²) in [5.41, 5.74) is 3.60. The van der Waals surface area contributed by atoms with E-state index >= 15 is 0 Å². The van der Waals surface area contributed by atoms with E-state index in [0.717, 1.165) is 16.8 Å².